The zero-order chi connectivity index (χ0) is 19.3. The molecular formula is C24H18O3S. The summed E-state index contributed by atoms with van der Waals surface area (Å²) in [5.41, 5.74) is 1.38. The van der Waals surface area contributed by atoms with E-state index in [-0.39, 0.29) is 16.6 Å². The fourth-order valence-corrected chi connectivity index (χ4v) is 4.25. The van der Waals surface area contributed by atoms with Crippen molar-refractivity contribution in [2.45, 2.75) is 10.1 Å². The van der Waals surface area contributed by atoms with Crippen LogP contribution in [0.1, 0.15) is 16.4 Å². The molecule has 0 saturated heterocycles. The Morgan fingerprint density at radius 1 is 0.786 bits per heavy atom. The second kappa shape index (κ2) is 8.19. The first kappa shape index (κ1) is 18.1. The molecule has 0 aliphatic rings. The van der Waals surface area contributed by atoms with Crippen LogP contribution in [0.4, 0.5) is 0 Å². The molecule has 1 atom stereocenters. The summed E-state index contributed by atoms with van der Waals surface area (Å²) < 4.78 is 5.59. The molecule has 1 aromatic heterocycles. The van der Waals surface area contributed by atoms with Gasteiger partial charge in [0.15, 0.2) is 0 Å². The van der Waals surface area contributed by atoms with E-state index >= 15 is 0 Å². The Morgan fingerprint density at radius 2 is 1.36 bits per heavy atom. The van der Waals surface area contributed by atoms with Crippen molar-refractivity contribution in [1.29, 1.82) is 0 Å². The predicted octanol–water partition coefficient (Wildman–Crippen LogP) is 5.89. The summed E-state index contributed by atoms with van der Waals surface area (Å²) in [7, 11) is 0. The van der Waals surface area contributed by atoms with Gasteiger partial charge in [-0.15, -0.1) is 11.8 Å². The minimum Gasteiger partial charge on any atom is -0.507 e. The maximum Gasteiger partial charge on any atom is 0.344 e. The minimum atomic E-state index is -0.531. The molecule has 0 bridgehead atoms. The van der Waals surface area contributed by atoms with Gasteiger partial charge in [-0.3, -0.25) is 0 Å². The maximum atomic E-state index is 12.9. The van der Waals surface area contributed by atoms with E-state index in [0.29, 0.717) is 5.76 Å². The van der Waals surface area contributed by atoms with Crippen LogP contribution in [0.5, 0.6) is 5.75 Å². The second-order valence-electron chi connectivity index (χ2n) is 6.28. The molecule has 0 aliphatic carbocycles. The molecule has 4 heteroatoms. The van der Waals surface area contributed by atoms with Crippen molar-refractivity contribution >= 4 is 11.8 Å². The molecule has 0 saturated carbocycles. The molecule has 4 rings (SSSR count). The van der Waals surface area contributed by atoms with Crippen LogP contribution in [0.3, 0.4) is 0 Å². The second-order valence-corrected chi connectivity index (χ2v) is 7.46. The van der Waals surface area contributed by atoms with Crippen LogP contribution in [0.15, 0.2) is 111 Å². The Morgan fingerprint density at radius 3 is 1.96 bits per heavy atom. The van der Waals surface area contributed by atoms with E-state index in [9.17, 15) is 9.90 Å². The van der Waals surface area contributed by atoms with Gasteiger partial charge in [0.25, 0.3) is 0 Å². The Labute approximate surface area is 167 Å². The average Bonchev–Trinajstić information content (AvgIpc) is 2.74. The molecule has 0 fully saturated rings. The van der Waals surface area contributed by atoms with Gasteiger partial charge in [0, 0.05) is 16.5 Å². The van der Waals surface area contributed by atoms with Gasteiger partial charge in [-0.05, 0) is 17.7 Å². The fourth-order valence-electron chi connectivity index (χ4n) is 3.03. The van der Waals surface area contributed by atoms with Gasteiger partial charge in [-0.2, -0.15) is 0 Å². The van der Waals surface area contributed by atoms with Crippen LogP contribution < -0.4 is 5.63 Å². The van der Waals surface area contributed by atoms with Crippen LogP contribution in [0.25, 0.3) is 11.3 Å². The van der Waals surface area contributed by atoms with Crippen molar-refractivity contribution in [2.75, 3.05) is 0 Å². The summed E-state index contributed by atoms with van der Waals surface area (Å²) in [6, 6.07) is 30.3. The predicted molar refractivity (Wildman–Crippen MR) is 113 cm³/mol. The van der Waals surface area contributed by atoms with E-state index in [1.165, 1.54) is 17.8 Å². The molecule has 28 heavy (non-hydrogen) atoms. The van der Waals surface area contributed by atoms with Crippen molar-refractivity contribution in [3.63, 3.8) is 0 Å². The van der Waals surface area contributed by atoms with Crippen LogP contribution in [-0.2, 0) is 0 Å². The summed E-state index contributed by atoms with van der Waals surface area (Å²) in [6.07, 6.45) is 0. The molecule has 1 unspecified atom stereocenters. The summed E-state index contributed by atoms with van der Waals surface area (Å²) in [4.78, 5) is 13.9. The molecule has 0 spiro atoms. The highest BCUT2D eigenvalue weighted by atomic mass is 32.2. The molecule has 0 radical (unpaired) electrons. The molecule has 1 N–H and O–H groups in total. The fraction of sp³-hybridized carbons (Fsp3) is 0.0417. The van der Waals surface area contributed by atoms with Crippen molar-refractivity contribution in [3.05, 3.63) is 119 Å². The number of hydrogen-bond acceptors (Lipinski definition) is 4. The highest BCUT2D eigenvalue weighted by Gasteiger charge is 2.25. The van der Waals surface area contributed by atoms with Gasteiger partial charge in [-0.1, -0.05) is 78.9 Å². The molecule has 1 heterocycles. The van der Waals surface area contributed by atoms with Crippen LogP contribution in [0, 0.1) is 0 Å². The quantitative estimate of drug-likeness (QED) is 0.434. The zero-order valence-electron chi connectivity index (χ0n) is 15.0. The molecule has 0 aliphatic heterocycles. The van der Waals surface area contributed by atoms with E-state index in [0.717, 1.165) is 16.0 Å². The SMILES string of the molecule is O=c1oc(-c2ccccc2)cc(O)c1C(Sc1ccccc1)c1ccccc1. The lowest BCUT2D eigenvalue weighted by Gasteiger charge is -2.18. The summed E-state index contributed by atoms with van der Waals surface area (Å²) in [5, 5.41) is 10.4. The molecule has 0 amide bonds. The van der Waals surface area contributed by atoms with Crippen LogP contribution >= 0.6 is 11.8 Å². The van der Waals surface area contributed by atoms with Gasteiger partial charge in [0.1, 0.15) is 11.5 Å². The third kappa shape index (κ3) is 3.87. The van der Waals surface area contributed by atoms with Crippen LogP contribution in [0.2, 0.25) is 0 Å². The maximum absolute atomic E-state index is 12.9. The number of benzene rings is 3. The van der Waals surface area contributed by atoms with Crippen LogP contribution in [-0.4, -0.2) is 5.11 Å². The van der Waals surface area contributed by atoms with Crippen molar-refractivity contribution in [3.8, 4) is 17.1 Å². The molecule has 4 aromatic rings. The van der Waals surface area contributed by atoms with E-state index < -0.39 is 5.63 Å². The third-order valence-electron chi connectivity index (χ3n) is 4.39. The highest BCUT2D eigenvalue weighted by Crippen LogP contribution is 2.42. The van der Waals surface area contributed by atoms with Crippen molar-refractivity contribution in [2.24, 2.45) is 0 Å². The van der Waals surface area contributed by atoms with Crippen molar-refractivity contribution < 1.29 is 9.52 Å². The van der Waals surface area contributed by atoms with E-state index in [1.54, 1.807) is 0 Å². The average molecular weight is 386 g/mol. The van der Waals surface area contributed by atoms with E-state index in [1.807, 2.05) is 91.0 Å². The zero-order valence-corrected chi connectivity index (χ0v) is 15.8. The molecule has 138 valence electrons. The van der Waals surface area contributed by atoms with Gasteiger partial charge < -0.3 is 9.52 Å². The first-order valence-corrected chi connectivity index (χ1v) is 9.79. The summed E-state index contributed by atoms with van der Waals surface area (Å²) in [6.45, 7) is 0. The standard InChI is InChI=1S/C24H18O3S/c25-20-16-21(17-10-4-1-5-11-17)27-24(26)22(20)23(18-12-6-2-7-13-18)28-19-14-8-3-9-15-19/h1-16,23,25H. The summed E-state index contributed by atoms with van der Waals surface area (Å²) in [5.74, 6) is 0.288. The first-order chi connectivity index (χ1) is 13.7. The normalized spacial score (nSPS) is 11.9. The highest BCUT2D eigenvalue weighted by molar-refractivity contribution is 7.99. The lowest BCUT2D eigenvalue weighted by atomic mass is 10.0. The summed E-state index contributed by atoms with van der Waals surface area (Å²) >= 11 is 1.50. The Kier molecular flexibility index (Phi) is 5.31. The largest absolute Gasteiger partial charge is 0.507 e. The minimum absolute atomic E-state index is 0.0626. The Balaban J connectivity index is 1.81. The third-order valence-corrected chi connectivity index (χ3v) is 5.67. The number of aromatic hydroxyl groups is 1. The topological polar surface area (TPSA) is 50.4 Å². The van der Waals surface area contributed by atoms with E-state index in [4.69, 9.17) is 4.42 Å². The van der Waals surface area contributed by atoms with E-state index in [2.05, 4.69) is 0 Å². The van der Waals surface area contributed by atoms with Gasteiger partial charge in [-0.25, -0.2) is 4.79 Å². The molecule has 3 aromatic carbocycles. The number of thioether (sulfide) groups is 1. The smallest absolute Gasteiger partial charge is 0.344 e. The molecular weight excluding hydrogens is 368 g/mol. The van der Waals surface area contributed by atoms with Crippen molar-refractivity contribution in [1.82, 2.24) is 0 Å². The first-order valence-electron chi connectivity index (χ1n) is 8.91. The lowest BCUT2D eigenvalue weighted by Crippen LogP contribution is -2.12. The monoisotopic (exact) mass is 386 g/mol. The number of hydrogen-bond donors (Lipinski definition) is 1. The lowest BCUT2D eigenvalue weighted by molar-refractivity contribution is 0.442. The van der Waals surface area contributed by atoms with Gasteiger partial charge in [0.2, 0.25) is 0 Å². The molecule has 3 nitrogen and oxygen atoms in total. The van der Waals surface area contributed by atoms with Gasteiger partial charge >= 0.3 is 5.63 Å². The Hall–Kier alpha value is -3.24. The number of rotatable bonds is 5. The van der Waals surface area contributed by atoms with Gasteiger partial charge in [0.05, 0.1) is 10.8 Å². The Bertz CT molecular complexity index is 1110.